The fourth-order valence-corrected chi connectivity index (χ4v) is 2.84. The lowest BCUT2D eigenvalue weighted by Crippen LogP contribution is -2.26. The van der Waals surface area contributed by atoms with Gasteiger partial charge in [0.05, 0.1) is 0 Å². The molecule has 0 spiro atoms. The molecule has 0 radical (unpaired) electrons. The summed E-state index contributed by atoms with van der Waals surface area (Å²) in [4.78, 5) is 6.69. The van der Waals surface area contributed by atoms with Crippen molar-refractivity contribution in [2.75, 3.05) is 13.1 Å². The second-order valence-corrected chi connectivity index (χ2v) is 5.41. The molecule has 0 saturated carbocycles. The molecule has 4 nitrogen and oxygen atoms in total. The molecule has 19 heavy (non-hydrogen) atoms. The molecular formula is C15H24N4. The van der Waals surface area contributed by atoms with Crippen LogP contribution in [0.2, 0.25) is 0 Å². The Balaban J connectivity index is 2.03. The van der Waals surface area contributed by atoms with Gasteiger partial charge < -0.3 is 5.73 Å². The first-order valence-electron chi connectivity index (χ1n) is 7.21. The smallest absolute Gasteiger partial charge is 0.142 e. The van der Waals surface area contributed by atoms with Crippen molar-refractivity contribution in [3.8, 4) is 0 Å². The minimum atomic E-state index is 0.0665. The van der Waals surface area contributed by atoms with Gasteiger partial charge in [-0.25, -0.2) is 0 Å². The van der Waals surface area contributed by atoms with Crippen LogP contribution in [0.1, 0.15) is 43.9 Å². The highest BCUT2D eigenvalue weighted by Crippen LogP contribution is 2.21. The van der Waals surface area contributed by atoms with E-state index >= 15 is 0 Å². The lowest BCUT2D eigenvalue weighted by atomic mass is 9.98. The lowest BCUT2D eigenvalue weighted by Gasteiger charge is -2.21. The van der Waals surface area contributed by atoms with E-state index in [-0.39, 0.29) is 5.84 Å². The van der Waals surface area contributed by atoms with Gasteiger partial charge in [0.15, 0.2) is 0 Å². The summed E-state index contributed by atoms with van der Waals surface area (Å²) >= 11 is 0. The summed E-state index contributed by atoms with van der Waals surface area (Å²) < 4.78 is 0. The van der Waals surface area contributed by atoms with Gasteiger partial charge in [0.2, 0.25) is 0 Å². The van der Waals surface area contributed by atoms with Gasteiger partial charge in [-0.15, -0.1) is 0 Å². The number of hydrogen-bond acceptors (Lipinski definition) is 3. The van der Waals surface area contributed by atoms with Crippen molar-refractivity contribution in [2.45, 2.75) is 39.2 Å². The van der Waals surface area contributed by atoms with Gasteiger partial charge in [0.1, 0.15) is 11.5 Å². The number of nitrogens with one attached hydrogen (secondary N) is 1. The van der Waals surface area contributed by atoms with E-state index in [2.05, 4.69) is 16.8 Å². The molecule has 1 unspecified atom stereocenters. The third kappa shape index (κ3) is 3.77. The molecule has 1 saturated heterocycles. The first-order chi connectivity index (χ1) is 9.20. The Morgan fingerprint density at radius 2 is 2.32 bits per heavy atom. The molecule has 1 aliphatic rings. The Hall–Kier alpha value is -1.42. The number of likely N-dealkylation sites (tertiary alicyclic amines) is 1. The predicted octanol–water partition coefficient (Wildman–Crippen LogP) is 2.38. The minimum Gasteiger partial charge on any atom is -0.382 e. The molecule has 1 aromatic rings. The molecule has 1 aliphatic heterocycles. The first kappa shape index (κ1) is 14.0. The fraction of sp³-hybridized carbons (Fsp3) is 0.600. The zero-order valence-electron chi connectivity index (χ0n) is 11.7. The molecular weight excluding hydrogens is 236 g/mol. The van der Waals surface area contributed by atoms with Gasteiger partial charge in [-0.1, -0.05) is 19.4 Å². The molecule has 0 amide bonds. The van der Waals surface area contributed by atoms with Crippen molar-refractivity contribution in [1.29, 1.82) is 5.41 Å². The molecule has 1 fully saturated rings. The number of aromatic nitrogens is 1. The van der Waals surface area contributed by atoms with E-state index in [1.165, 1.54) is 25.7 Å². The van der Waals surface area contributed by atoms with Crippen LogP contribution in [0.25, 0.3) is 0 Å². The highest BCUT2D eigenvalue weighted by Gasteiger charge is 2.17. The van der Waals surface area contributed by atoms with Crippen molar-refractivity contribution in [3.63, 3.8) is 0 Å². The Bertz CT molecular complexity index is 430. The molecule has 1 aromatic heterocycles. The monoisotopic (exact) mass is 260 g/mol. The van der Waals surface area contributed by atoms with Gasteiger partial charge in [-0.2, -0.15) is 0 Å². The van der Waals surface area contributed by atoms with Crippen LogP contribution < -0.4 is 5.73 Å². The Morgan fingerprint density at radius 3 is 3.05 bits per heavy atom. The Labute approximate surface area is 115 Å². The van der Waals surface area contributed by atoms with Gasteiger partial charge in [0, 0.05) is 12.7 Å². The van der Waals surface area contributed by atoms with E-state index in [4.69, 9.17) is 11.1 Å². The molecule has 0 bridgehead atoms. The first-order valence-corrected chi connectivity index (χ1v) is 7.21. The van der Waals surface area contributed by atoms with E-state index in [1.807, 2.05) is 12.1 Å². The second kappa shape index (κ2) is 6.66. The standard InChI is InChI=1S/C15H24N4/c1-2-12-5-4-9-19(10-7-12)11-13-6-3-8-18-14(13)15(16)17/h3,6,8,12H,2,4-5,7,9-11H2,1H3,(H3,16,17). The van der Waals surface area contributed by atoms with Gasteiger partial charge >= 0.3 is 0 Å². The van der Waals surface area contributed by atoms with Crippen molar-refractivity contribution >= 4 is 5.84 Å². The minimum absolute atomic E-state index is 0.0665. The van der Waals surface area contributed by atoms with Gasteiger partial charge in [-0.05, 0) is 49.9 Å². The maximum absolute atomic E-state index is 7.60. The average molecular weight is 260 g/mol. The summed E-state index contributed by atoms with van der Waals surface area (Å²) in [6.07, 6.45) is 6.90. The normalized spacial score (nSPS) is 21.0. The number of amidine groups is 1. The maximum atomic E-state index is 7.60. The Kier molecular flexibility index (Phi) is 4.91. The van der Waals surface area contributed by atoms with Crippen LogP contribution >= 0.6 is 0 Å². The number of nitrogens with zero attached hydrogens (tertiary/aromatic N) is 2. The zero-order chi connectivity index (χ0) is 13.7. The number of nitrogens with two attached hydrogens (primary N) is 1. The second-order valence-electron chi connectivity index (χ2n) is 5.41. The topological polar surface area (TPSA) is 66.0 Å². The lowest BCUT2D eigenvalue weighted by molar-refractivity contribution is 0.271. The van der Waals surface area contributed by atoms with Crippen LogP contribution in [0.4, 0.5) is 0 Å². The molecule has 2 rings (SSSR count). The molecule has 2 heterocycles. The molecule has 1 atom stereocenters. The largest absolute Gasteiger partial charge is 0.382 e. The Morgan fingerprint density at radius 1 is 1.47 bits per heavy atom. The summed E-state index contributed by atoms with van der Waals surface area (Å²) in [5.41, 5.74) is 7.31. The summed E-state index contributed by atoms with van der Waals surface area (Å²) in [5.74, 6) is 0.947. The average Bonchev–Trinajstić information content (AvgIpc) is 2.64. The van der Waals surface area contributed by atoms with Crippen molar-refractivity contribution in [3.05, 3.63) is 29.6 Å². The van der Waals surface area contributed by atoms with Crippen molar-refractivity contribution < 1.29 is 0 Å². The van der Waals surface area contributed by atoms with E-state index in [9.17, 15) is 0 Å². The van der Waals surface area contributed by atoms with E-state index in [0.29, 0.717) is 5.69 Å². The van der Waals surface area contributed by atoms with Crippen LogP contribution in [0.3, 0.4) is 0 Å². The zero-order valence-corrected chi connectivity index (χ0v) is 11.7. The van der Waals surface area contributed by atoms with E-state index < -0.39 is 0 Å². The SMILES string of the molecule is CCC1CCCN(Cc2cccnc2C(=N)N)CC1. The van der Waals surface area contributed by atoms with Crippen LogP contribution in [0.5, 0.6) is 0 Å². The molecule has 104 valence electrons. The van der Waals surface area contributed by atoms with Crippen LogP contribution in [-0.4, -0.2) is 28.8 Å². The third-order valence-electron chi connectivity index (χ3n) is 4.06. The summed E-state index contributed by atoms with van der Waals surface area (Å²) in [5, 5.41) is 7.60. The summed E-state index contributed by atoms with van der Waals surface area (Å²) in [7, 11) is 0. The quantitative estimate of drug-likeness (QED) is 0.645. The van der Waals surface area contributed by atoms with Crippen molar-refractivity contribution in [2.24, 2.45) is 11.7 Å². The molecule has 0 aliphatic carbocycles. The van der Waals surface area contributed by atoms with Gasteiger partial charge in [-0.3, -0.25) is 15.3 Å². The van der Waals surface area contributed by atoms with Gasteiger partial charge in [0.25, 0.3) is 0 Å². The molecule has 4 heteroatoms. The summed E-state index contributed by atoms with van der Waals surface area (Å²) in [6.45, 7) is 5.43. The van der Waals surface area contributed by atoms with Crippen LogP contribution in [0.15, 0.2) is 18.3 Å². The number of hydrogen-bond donors (Lipinski definition) is 2. The maximum Gasteiger partial charge on any atom is 0.142 e. The summed E-state index contributed by atoms with van der Waals surface area (Å²) in [6, 6.07) is 3.96. The molecule has 0 aromatic carbocycles. The third-order valence-corrected chi connectivity index (χ3v) is 4.06. The predicted molar refractivity (Wildman–Crippen MR) is 78.2 cm³/mol. The number of nitrogen functional groups attached to an aromatic ring is 1. The number of rotatable bonds is 4. The molecule has 3 N–H and O–H groups in total. The fourth-order valence-electron chi connectivity index (χ4n) is 2.84. The van der Waals surface area contributed by atoms with Crippen molar-refractivity contribution in [1.82, 2.24) is 9.88 Å². The highest BCUT2D eigenvalue weighted by molar-refractivity contribution is 5.94. The van der Waals surface area contributed by atoms with E-state index in [1.54, 1.807) is 6.20 Å². The van der Waals surface area contributed by atoms with E-state index in [0.717, 1.165) is 31.1 Å². The number of pyridine rings is 1. The van der Waals surface area contributed by atoms with Crippen LogP contribution in [0, 0.1) is 11.3 Å². The van der Waals surface area contributed by atoms with Crippen LogP contribution in [-0.2, 0) is 6.54 Å². The highest BCUT2D eigenvalue weighted by atomic mass is 15.1.